The first-order valence-electron chi connectivity index (χ1n) is 7.25. The molecule has 1 N–H and O–H groups in total. The average molecular weight is 284 g/mol. The van der Waals surface area contributed by atoms with Crippen LogP contribution in [0.2, 0.25) is 0 Å². The molecule has 4 atom stereocenters. The Labute approximate surface area is 120 Å². The van der Waals surface area contributed by atoms with Gasteiger partial charge in [0.05, 0.1) is 6.04 Å². The summed E-state index contributed by atoms with van der Waals surface area (Å²) in [6, 6.07) is -0.136. The van der Waals surface area contributed by atoms with Crippen LogP contribution >= 0.6 is 0 Å². The van der Waals surface area contributed by atoms with Crippen molar-refractivity contribution >= 4 is 6.09 Å². The van der Waals surface area contributed by atoms with E-state index in [0.717, 1.165) is 0 Å². The van der Waals surface area contributed by atoms with Crippen LogP contribution in [-0.4, -0.2) is 41.0 Å². The fourth-order valence-corrected chi connectivity index (χ4v) is 3.13. The second-order valence-corrected chi connectivity index (χ2v) is 6.88. The van der Waals surface area contributed by atoms with E-state index < -0.39 is 17.5 Å². The summed E-state index contributed by atoms with van der Waals surface area (Å²) in [5, 5.41) is 3.22. The smallest absolute Gasteiger partial charge is 0.413 e. The number of alkyl halides is 1. The van der Waals surface area contributed by atoms with Gasteiger partial charge in [-0.15, -0.1) is 6.58 Å². The van der Waals surface area contributed by atoms with Crippen LogP contribution in [0.5, 0.6) is 0 Å². The van der Waals surface area contributed by atoms with Crippen molar-refractivity contribution in [3.8, 4) is 0 Å². The molecular weight excluding hydrogens is 259 g/mol. The van der Waals surface area contributed by atoms with Crippen molar-refractivity contribution in [2.24, 2.45) is 5.92 Å². The number of rotatable bonds is 2. The van der Waals surface area contributed by atoms with Crippen molar-refractivity contribution in [2.45, 2.75) is 64.0 Å². The van der Waals surface area contributed by atoms with Gasteiger partial charge in [0.2, 0.25) is 0 Å². The molecule has 0 spiro atoms. The van der Waals surface area contributed by atoms with Crippen LogP contribution in [0.15, 0.2) is 12.7 Å². The van der Waals surface area contributed by atoms with Crippen molar-refractivity contribution in [1.29, 1.82) is 0 Å². The number of carbonyl (C=O) groups is 1. The predicted molar refractivity (Wildman–Crippen MR) is 76.1 cm³/mol. The summed E-state index contributed by atoms with van der Waals surface area (Å²) in [4.78, 5) is 13.7. The van der Waals surface area contributed by atoms with Gasteiger partial charge in [0.25, 0.3) is 0 Å². The Bertz CT molecular complexity index is 407. The molecule has 0 saturated carbocycles. The maximum Gasteiger partial charge on any atom is 0.413 e. The minimum absolute atomic E-state index is 0.0337. The van der Waals surface area contributed by atoms with Crippen LogP contribution < -0.4 is 5.32 Å². The van der Waals surface area contributed by atoms with E-state index in [4.69, 9.17) is 4.74 Å². The number of hydrogen-bond acceptors (Lipinski definition) is 3. The van der Waals surface area contributed by atoms with Crippen molar-refractivity contribution < 1.29 is 13.9 Å². The molecule has 114 valence electrons. The lowest BCUT2D eigenvalue weighted by atomic mass is 9.92. The van der Waals surface area contributed by atoms with Gasteiger partial charge >= 0.3 is 6.09 Å². The van der Waals surface area contributed by atoms with E-state index in [9.17, 15) is 9.18 Å². The first-order chi connectivity index (χ1) is 9.18. The molecule has 2 aliphatic rings. The lowest BCUT2D eigenvalue weighted by Gasteiger charge is -2.45. The number of piperazine rings is 1. The molecule has 2 fully saturated rings. The minimum Gasteiger partial charge on any atom is -0.444 e. The third kappa shape index (κ3) is 2.68. The summed E-state index contributed by atoms with van der Waals surface area (Å²) >= 11 is 0. The molecule has 2 rings (SSSR count). The minimum atomic E-state index is -1.62. The molecule has 0 aliphatic carbocycles. The first kappa shape index (κ1) is 15.3. The third-order valence-electron chi connectivity index (χ3n) is 4.14. The van der Waals surface area contributed by atoms with Gasteiger partial charge in [-0.3, -0.25) is 4.90 Å². The van der Waals surface area contributed by atoms with Crippen molar-refractivity contribution in [3.05, 3.63) is 12.7 Å². The molecule has 5 heteroatoms. The number of carbonyl (C=O) groups excluding carboxylic acids is 1. The van der Waals surface area contributed by atoms with E-state index in [1.54, 1.807) is 20.8 Å². The Morgan fingerprint density at radius 3 is 2.80 bits per heavy atom. The van der Waals surface area contributed by atoms with E-state index in [0.29, 0.717) is 12.8 Å². The number of nitrogens with one attached hydrogen (secondary N) is 1. The van der Waals surface area contributed by atoms with Gasteiger partial charge in [0, 0.05) is 19.0 Å². The lowest BCUT2D eigenvalue weighted by Crippen LogP contribution is -2.66. The summed E-state index contributed by atoms with van der Waals surface area (Å²) in [7, 11) is 0. The van der Waals surface area contributed by atoms with Gasteiger partial charge in [-0.25, -0.2) is 9.18 Å². The van der Waals surface area contributed by atoms with Crippen molar-refractivity contribution in [1.82, 2.24) is 10.2 Å². The number of fused-ring (bicyclic) bond motifs is 2. The summed E-state index contributed by atoms with van der Waals surface area (Å²) < 4.78 is 20.3. The molecule has 2 heterocycles. The molecule has 0 aromatic carbocycles. The molecule has 2 saturated heterocycles. The van der Waals surface area contributed by atoms with Crippen LogP contribution in [0.25, 0.3) is 0 Å². The standard InChI is InChI=1S/C15H25FN2O2/c1-6-10(2)12-11-7-8-15(16,9-17-12)18(11)13(19)20-14(3,4)5/h6,10-12,17H,1,7-9H2,2-5H3/t10-,11-,12-,15+/m0/s1. The van der Waals surface area contributed by atoms with Gasteiger partial charge in [0.15, 0.2) is 5.79 Å². The van der Waals surface area contributed by atoms with Crippen molar-refractivity contribution in [2.75, 3.05) is 6.54 Å². The Morgan fingerprint density at radius 1 is 1.60 bits per heavy atom. The maximum absolute atomic E-state index is 14.9. The lowest BCUT2D eigenvalue weighted by molar-refractivity contribution is -0.0684. The highest BCUT2D eigenvalue weighted by Crippen LogP contribution is 2.42. The monoisotopic (exact) mass is 284 g/mol. The molecule has 0 radical (unpaired) electrons. The fraction of sp³-hybridized carbons (Fsp3) is 0.800. The fourth-order valence-electron chi connectivity index (χ4n) is 3.13. The third-order valence-corrected chi connectivity index (χ3v) is 4.14. The largest absolute Gasteiger partial charge is 0.444 e. The topological polar surface area (TPSA) is 41.6 Å². The van der Waals surface area contributed by atoms with Crippen LogP contribution in [0.1, 0.15) is 40.5 Å². The SMILES string of the molecule is C=C[C@H](C)[C@@H]1NC[C@@]2(F)CC[C@@H]1N2C(=O)OC(C)(C)C. The molecule has 0 aromatic rings. The number of ether oxygens (including phenoxy) is 1. The van der Waals surface area contributed by atoms with Crippen LogP contribution in [0.3, 0.4) is 0 Å². The van der Waals surface area contributed by atoms with Crippen LogP contribution in [-0.2, 0) is 4.74 Å². The summed E-state index contributed by atoms with van der Waals surface area (Å²) in [5.41, 5.74) is -0.614. The van der Waals surface area contributed by atoms with E-state index in [1.165, 1.54) is 4.90 Å². The summed E-state index contributed by atoms with van der Waals surface area (Å²) in [6.45, 7) is 11.4. The summed E-state index contributed by atoms with van der Waals surface area (Å²) in [5.74, 6) is -1.45. The number of amides is 1. The number of halogens is 1. The quantitative estimate of drug-likeness (QED) is 0.626. The molecule has 4 nitrogen and oxygen atoms in total. The molecule has 1 amide bonds. The highest BCUT2D eigenvalue weighted by atomic mass is 19.1. The zero-order chi connectivity index (χ0) is 15.1. The molecular formula is C15H25FN2O2. The Balaban J connectivity index is 2.22. The molecule has 20 heavy (non-hydrogen) atoms. The zero-order valence-electron chi connectivity index (χ0n) is 12.8. The van der Waals surface area contributed by atoms with Crippen molar-refractivity contribution in [3.63, 3.8) is 0 Å². The number of nitrogens with zero attached hydrogens (tertiary/aromatic N) is 1. The van der Waals surface area contributed by atoms with E-state index in [2.05, 4.69) is 11.9 Å². The van der Waals surface area contributed by atoms with Crippen LogP contribution in [0, 0.1) is 5.92 Å². The Morgan fingerprint density at radius 2 is 2.25 bits per heavy atom. The molecule has 0 aromatic heterocycles. The van der Waals surface area contributed by atoms with Crippen LogP contribution in [0.4, 0.5) is 9.18 Å². The van der Waals surface area contributed by atoms with E-state index >= 15 is 0 Å². The Hall–Kier alpha value is -1.10. The Kier molecular flexibility index (Phi) is 3.84. The van der Waals surface area contributed by atoms with Gasteiger partial charge in [-0.2, -0.15) is 0 Å². The highest BCUT2D eigenvalue weighted by molar-refractivity contribution is 5.70. The normalized spacial score (nSPS) is 34.8. The van der Waals surface area contributed by atoms with Gasteiger partial charge in [-0.05, 0) is 33.1 Å². The van der Waals surface area contributed by atoms with E-state index in [1.807, 2.05) is 13.0 Å². The average Bonchev–Trinajstić information content (AvgIpc) is 2.56. The molecule has 0 unspecified atom stereocenters. The van der Waals surface area contributed by atoms with Gasteiger partial charge in [-0.1, -0.05) is 13.0 Å². The highest BCUT2D eigenvalue weighted by Gasteiger charge is 2.57. The second kappa shape index (κ2) is 5.02. The first-order valence-corrected chi connectivity index (χ1v) is 7.25. The molecule has 2 bridgehead atoms. The zero-order valence-corrected chi connectivity index (χ0v) is 12.8. The van der Waals surface area contributed by atoms with Gasteiger partial charge in [0.1, 0.15) is 5.60 Å². The number of hydrogen-bond donors (Lipinski definition) is 1. The molecule has 2 aliphatic heterocycles. The maximum atomic E-state index is 14.9. The predicted octanol–water partition coefficient (Wildman–Crippen LogP) is 2.85. The van der Waals surface area contributed by atoms with Gasteiger partial charge < -0.3 is 10.1 Å². The summed E-state index contributed by atoms with van der Waals surface area (Å²) in [6.07, 6.45) is 2.31. The van der Waals surface area contributed by atoms with E-state index in [-0.39, 0.29) is 24.5 Å². The second-order valence-electron chi connectivity index (χ2n) is 6.88.